The highest BCUT2D eigenvalue weighted by molar-refractivity contribution is 5.95. The summed E-state index contributed by atoms with van der Waals surface area (Å²) in [6, 6.07) is 12.3. The third-order valence-electron chi connectivity index (χ3n) is 3.31. The van der Waals surface area contributed by atoms with Crippen molar-refractivity contribution in [2.24, 2.45) is 5.10 Å². The molecule has 0 unspecified atom stereocenters. The van der Waals surface area contributed by atoms with Crippen LogP contribution < -0.4 is 19.6 Å². The lowest BCUT2D eigenvalue weighted by molar-refractivity contribution is 0.0955. The van der Waals surface area contributed by atoms with Crippen LogP contribution in [0.25, 0.3) is 0 Å². The molecule has 6 heteroatoms. The number of rotatable bonds is 8. The topological polar surface area (TPSA) is 69.2 Å². The summed E-state index contributed by atoms with van der Waals surface area (Å²) >= 11 is 0. The molecular weight excluding hydrogens is 320 g/mol. The fraction of sp³-hybridized carbons (Fsp3) is 0.263. The Morgan fingerprint density at radius 2 is 1.72 bits per heavy atom. The van der Waals surface area contributed by atoms with E-state index in [0.717, 1.165) is 5.75 Å². The number of carbonyl (C=O) groups is 1. The highest BCUT2D eigenvalue weighted by Crippen LogP contribution is 2.22. The molecule has 0 aromatic heterocycles. The summed E-state index contributed by atoms with van der Waals surface area (Å²) in [5.41, 5.74) is 3.71. The van der Waals surface area contributed by atoms with Crippen LogP contribution in [0.5, 0.6) is 17.2 Å². The lowest BCUT2D eigenvalue weighted by Gasteiger charge is -2.08. The van der Waals surface area contributed by atoms with E-state index < -0.39 is 0 Å². The number of ether oxygens (including phenoxy) is 3. The van der Waals surface area contributed by atoms with E-state index in [1.165, 1.54) is 6.21 Å². The van der Waals surface area contributed by atoms with Crippen LogP contribution in [0.4, 0.5) is 0 Å². The van der Waals surface area contributed by atoms with Crippen LogP contribution in [-0.4, -0.2) is 32.4 Å². The quantitative estimate of drug-likeness (QED) is 0.590. The molecule has 0 radical (unpaired) electrons. The van der Waals surface area contributed by atoms with Gasteiger partial charge in [0.15, 0.2) is 0 Å². The predicted molar refractivity (Wildman–Crippen MR) is 96.8 cm³/mol. The van der Waals surface area contributed by atoms with Gasteiger partial charge in [-0.1, -0.05) is 0 Å². The van der Waals surface area contributed by atoms with E-state index in [4.69, 9.17) is 14.2 Å². The van der Waals surface area contributed by atoms with Crippen molar-refractivity contribution < 1.29 is 19.0 Å². The fourth-order valence-corrected chi connectivity index (χ4v) is 2.14. The van der Waals surface area contributed by atoms with Gasteiger partial charge in [-0.15, -0.1) is 0 Å². The molecule has 0 heterocycles. The standard InChI is InChI=1S/C19H22N2O4/c1-4-24-16-8-6-14(7-9-16)19(22)21-20-13-15-12-17(23-3)10-11-18(15)25-5-2/h6-13H,4-5H2,1-3H3,(H,21,22). The van der Waals surface area contributed by atoms with Gasteiger partial charge in [-0.2, -0.15) is 5.10 Å². The summed E-state index contributed by atoms with van der Waals surface area (Å²) in [6.07, 6.45) is 1.53. The molecule has 2 aromatic carbocycles. The lowest BCUT2D eigenvalue weighted by Crippen LogP contribution is -2.17. The maximum Gasteiger partial charge on any atom is 0.271 e. The van der Waals surface area contributed by atoms with Gasteiger partial charge >= 0.3 is 0 Å². The Morgan fingerprint density at radius 3 is 2.36 bits per heavy atom. The molecule has 1 amide bonds. The van der Waals surface area contributed by atoms with Gasteiger partial charge in [-0.3, -0.25) is 4.79 Å². The number of amides is 1. The van der Waals surface area contributed by atoms with E-state index in [0.29, 0.717) is 35.8 Å². The van der Waals surface area contributed by atoms with Gasteiger partial charge in [-0.25, -0.2) is 5.43 Å². The largest absolute Gasteiger partial charge is 0.497 e. The van der Waals surface area contributed by atoms with E-state index in [1.807, 2.05) is 13.8 Å². The molecule has 0 fully saturated rings. The lowest BCUT2D eigenvalue weighted by atomic mass is 10.2. The molecule has 0 atom stereocenters. The molecule has 0 aliphatic carbocycles. The second-order valence-electron chi connectivity index (χ2n) is 4.99. The molecule has 25 heavy (non-hydrogen) atoms. The number of nitrogens with zero attached hydrogens (tertiary/aromatic N) is 1. The summed E-state index contributed by atoms with van der Waals surface area (Å²) in [5, 5.41) is 4.00. The zero-order chi connectivity index (χ0) is 18.1. The Bertz CT molecular complexity index is 727. The minimum Gasteiger partial charge on any atom is -0.497 e. The van der Waals surface area contributed by atoms with Crippen LogP contribution in [0.15, 0.2) is 47.6 Å². The smallest absolute Gasteiger partial charge is 0.271 e. The maximum atomic E-state index is 12.1. The highest BCUT2D eigenvalue weighted by atomic mass is 16.5. The summed E-state index contributed by atoms with van der Waals surface area (Å²) in [5.74, 6) is 1.77. The van der Waals surface area contributed by atoms with Gasteiger partial charge < -0.3 is 14.2 Å². The van der Waals surface area contributed by atoms with Crippen molar-refractivity contribution in [3.05, 3.63) is 53.6 Å². The third-order valence-corrected chi connectivity index (χ3v) is 3.31. The first-order valence-electron chi connectivity index (χ1n) is 8.05. The number of carbonyl (C=O) groups excluding carboxylic acids is 1. The Balaban J connectivity index is 2.05. The number of hydrogen-bond acceptors (Lipinski definition) is 5. The first-order chi connectivity index (χ1) is 12.2. The van der Waals surface area contributed by atoms with Crippen LogP contribution in [0.3, 0.4) is 0 Å². The molecule has 0 saturated carbocycles. The van der Waals surface area contributed by atoms with E-state index in [9.17, 15) is 4.79 Å². The van der Waals surface area contributed by atoms with Crippen molar-refractivity contribution in [3.63, 3.8) is 0 Å². The van der Waals surface area contributed by atoms with Crippen LogP contribution in [-0.2, 0) is 0 Å². The van der Waals surface area contributed by atoms with E-state index in [1.54, 1.807) is 49.6 Å². The summed E-state index contributed by atoms with van der Waals surface area (Å²) < 4.78 is 16.1. The molecule has 0 spiro atoms. The molecule has 6 nitrogen and oxygen atoms in total. The first-order valence-corrected chi connectivity index (χ1v) is 8.05. The van der Waals surface area contributed by atoms with Crippen molar-refractivity contribution in [2.45, 2.75) is 13.8 Å². The van der Waals surface area contributed by atoms with Crippen LogP contribution in [0.2, 0.25) is 0 Å². The van der Waals surface area contributed by atoms with Gasteiger partial charge in [-0.05, 0) is 56.3 Å². The number of methoxy groups -OCH3 is 1. The average molecular weight is 342 g/mol. The molecule has 0 aliphatic heterocycles. The molecule has 2 aromatic rings. The van der Waals surface area contributed by atoms with E-state index in [-0.39, 0.29) is 5.91 Å². The number of nitrogens with one attached hydrogen (secondary N) is 1. The van der Waals surface area contributed by atoms with Gasteiger partial charge in [0, 0.05) is 11.1 Å². The van der Waals surface area contributed by atoms with E-state index in [2.05, 4.69) is 10.5 Å². The van der Waals surface area contributed by atoms with Crippen molar-refractivity contribution in [1.29, 1.82) is 0 Å². The normalized spacial score (nSPS) is 10.5. The van der Waals surface area contributed by atoms with Crippen LogP contribution >= 0.6 is 0 Å². The molecular formula is C19H22N2O4. The number of hydrogen-bond donors (Lipinski definition) is 1. The predicted octanol–water partition coefficient (Wildman–Crippen LogP) is 3.26. The molecule has 132 valence electrons. The zero-order valence-electron chi connectivity index (χ0n) is 14.6. The zero-order valence-corrected chi connectivity index (χ0v) is 14.6. The Hall–Kier alpha value is -3.02. The van der Waals surface area contributed by atoms with Gasteiger partial charge in [0.25, 0.3) is 5.91 Å². The Labute approximate surface area is 147 Å². The minimum absolute atomic E-state index is 0.305. The van der Waals surface area contributed by atoms with Crippen molar-refractivity contribution >= 4 is 12.1 Å². The molecule has 1 N–H and O–H groups in total. The Kier molecular flexibility index (Phi) is 6.83. The first kappa shape index (κ1) is 18.3. The van der Waals surface area contributed by atoms with Crippen molar-refractivity contribution in [1.82, 2.24) is 5.43 Å². The SMILES string of the molecule is CCOc1ccc(C(=O)NN=Cc2cc(OC)ccc2OCC)cc1. The third kappa shape index (κ3) is 5.24. The van der Waals surface area contributed by atoms with Crippen molar-refractivity contribution in [2.75, 3.05) is 20.3 Å². The fourth-order valence-electron chi connectivity index (χ4n) is 2.14. The van der Waals surface area contributed by atoms with E-state index >= 15 is 0 Å². The number of hydrazone groups is 1. The van der Waals surface area contributed by atoms with Gasteiger partial charge in [0.1, 0.15) is 17.2 Å². The Morgan fingerprint density at radius 1 is 1.04 bits per heavy atom. The van der Waals surface area contributed by atoms with Gasteiger partial charge in [0.2, 0.25) is 0 Å². The second kappa shape index (κ2) is 9.32. The van der Waals surface area contributed by atoms with Crippen LogP contribution in [0.1, 0.15) is 29.8 Å². The second-order valence-corrected chi connectivity index (χ2v) is 4.99. The number of benzene rings is 2. The monoisotopic (exact) mass is 342 g/mol. The molecule has 0 bridgehead atoms. The summed E-state index contributed by atoms with van der Waals surface area (Å²) in [4.78, 5) is 12.1. The minimum atomic E-state index is -0.305. The van der Waals surface area contributed by atoms with Gasteiger partial charge in [0.05, 0.1) is 26.5 Å². The summed E-state index contributed by atoms with van der Waals surface area (Å²) in [7, 11) is 1.59. The highest BCUT2D eigenvalue weighted by Gasteiger charge is 2.06. The summed E-state index contributed by atoms with van der Waals surface area (Å²) in [6.45, 7) is 4.92. The van der Waals surface area contributed by atoms with Crippen LogP contribution in [0, 0.1) is 0 Å². The molecule has 0 aliphatic rings. The maximum absolute atomic E-state index is 12.1. The molecule has 0 saturated heterocycles. The average Bonchev–Trinajstić information content (AvgIpc) is 2.64. The molecule has 2 rings (SSSR count). The van der Waals surface area contributed by atoms with Crippen molar-refractivity contribution in [3.8, 4) is 17.2 Å².